The van der Waals surface area contributed by atoms with Crippen LogP contribution in [0.15, 0.2) is 55.5 Å². The van der Waals surface area contributed by atoms with Gasteiger partial charge in [-0.25, -0.2) is 4.79 Å². The van der Waals surface area contributed by atoms with Gasteiger partial charge in [-0.1, -0.05) is 6.92 Å². The zero-order chi connectivity index (χ0) is 23.5. The number of rotatable bonds is 7. The molecular formula is C26H33N3O4. The molecule has 7 heteroatoms. The van der Waals surface area contributed by atoms with Crippen molar-refractivity contribution in [1.29, 1.82) is 0 Å². The van der Waals surface area contributed by atoms with Crippen LogP contribution in [0.2, 0.25) is 0 Å². The van der Waals surface area contributed by atoms with Crippen LogP contribution in [0, 0.1) is 19.8 Å². The second kappa shape index (κ2) is 9.83. The number of esters is 1. The van der Waals surface area contributed by atoms with Crippen LogP contribution in [0.4, 0.5) is 0 Å². The number of carbonyl (C=O) groups excluding carboxylic acids is 1. The number of likely N-dealkylation sites (tertiary alicyclic amines) is 1. The van der Waals surface area contributed by atoms with E-state index >= 15 is 0 Å². The van der Waals surface area contributed by atoms with Crippen molar-refractivity contribution in [2.45, 2.75) is 47.1 Å². The summed E-state index contributed by atoms with van der Waals surface area (Å²) in [6.45, 7) is 12.8. The fraction of sp³-hybridized carbons (Fsp3) is 0.462. The molecule has 1 saturated heterocycles. The van der Waals surface area contributed by atoms with Gasteiger partial charge in [0, 0.05) is 30.8 Å². The van der Waals surface area contributed by atoms with Gasteiger partial charge in [0.1, 0.15) is 29.1 Å². The molecule has 7 nitrogen and oxygen atoms in total. The Morgan fingerprint density at radius 1 is 1.18 bits per heavy atom. The molecule has 0 aliphatic carbocycles. The highest BCUT2D eigenvalue weighted by Crippen LogP contribution is 2.43. The summed E-state index contributed by atoms with van der Waals surface area (Å²) in [7, 11) is 0. The highest BCUT2D eigenvalue weighted by atomic mass is 16.5. The molecule has 176 valence electrons. The van der Waals surface area contributed by atoms with Crippen molar-refractivity contribution in [3.63, 3.8) is 0 Å². The number of fused-ring (bicyclic) bond motifs is 1. The Labute approximate surface area is 195 Å². The summed E-state index contributed by atoms with van der Waals surface area (Å²) in [6, 6.07) is 7.81. The molecule has 0 spiro atoms. The van der Waals surface area contributed by atoms with E-state index in [1.807, 2.05) is 50.0 Å². The van der Waals surface area contributed by atoms with Gasteiger partial charge in [0.2, 0.25) is 0 Å². The van der Waals surface area contributed by atoms with Crippen molar-refractivity contribution in [1.82, 2.24) is 9.91 Å². The van der Waals surface area contributed by atoms with E-state index in [1.54, 1.807) is 6.92 Å². The van der Waals surface area contributed by atoms with Crippen molar-refractivity contribution in [3.8, 4) is 0 Å². The summed E-state index contributed by atoms with van der Waals surface area (Å²) in [4.78, 5) is 14.6. The topological polar surface area (TPSA) is 71.4 Å². The molecule has 0 bridgehead atoms. The van der Waals surface area contributed by atoms with Crippen molar-refractivity contribution in [2.75, 3.05) is 26.2 Å². The van der Waals surface area contributed by atoms with Gasteiger partial charge in [0.15, 0.2) is 0 Å². The molecule has 2 aromatic heterocycles. The van der Waals surface area contributed by atoms with Gasteiger partial charge in [0.25, 0.3) is 0 Å². The smallest absolute Gasteiger partial charge is 0.332 e. The third-order valence-electron chi connectivity index (χ3n) is 6.03. The Morgan fingerprint density at radius 3 is 2.58 bits per heavy atom. The molecule has 4 heterocycles. The number of carbonyl (C=O) groups is 1. The normalized spacial score (nSPS) is 22.6. The van der Waals surface area contributed by atoms with Crippen LogP contribution >= 0.6 is 0 Å². The molecule has 2 unspecified atom stereocenters. The third kappa shape index (κ3) is 4.98. The lowest BCUT2D eigenvalue weighted by molar-refractivity contribution is -0.137. The Hall–Kier alpha value is -3.06. The first-order valence-electron chi connectivity index (χ1n) is 11.7. The van der Waals surface area contributed by atoms with E-state index < -0.39 is 0 Å². The first kappa shape index (κ1) is 23.1. The standard InChI is InChI=1S/C26H33N3O4/c1-6-12-28-15-20(14-21-10-8-18(4)32-21)25-22(16-28)26(23-11-9-19(5)33-23)29(27-25)17(3)13-24(30)31-7-2/h8-11,13-14,22,26H,6-7,12,15-16H2,1-5H3. The van der Waals surface area contributed by atoms with Crippen LogP contribution in [0.25, 0.3) is 6.08 Å². The molecule has 2 atom stereocenters. The van der Waals surface area contributed by atoms with Crippen LogP contribution in [0.3, 0.4) is 0 Å². The summed E-state index contributed by atoms with van der Waals surface area (Å²) >= 11 is 0. The molecule has 1 fully saturated rings. The van der Waals surface area contributed by atoms with Crippen molar-refractivity contribution < 1.29 is 18.4 Å². The molecule has 2 aromatic rings. The number of allylic oxidation sites excluding steroid dienone is 1. The molecule has 2 aliphatic heterocycles. The Bertz CT molecular complexity index is 1090. The van der Waals surface area contributed by atoms with E-state index in [1.165, 1.54) is 6.08 Å². The average Bonchev–Trinajstić information content (AvgIpc) is 3.46. The maximum atomic E-state index is 12.2. The number of hydrogen-bond acceptors (Lipinski definition) is 7. The monoisotopic (exact) mass is 451 g/mol. The summed E-state index contributed by atoms with van der Waals surface area (Å²) in [6.07, 6.45) is 4.68. The van der Waals surface area contributed by atoms with Crippen molar-refractivity contribution in [2.24, 2.45) is 11.0 Å². The SMILES string of the molecule is CCCN1CC(=Cc2ccc(C)o2)C2=NN(C(C)=CC(=O)OCC)C(c3ccc(C)o3)C2C1. The van der Waals surface area contributed by atoms with Crippen LogP contribution in [0.1, 0.15) is 56.3 Å². The molecule has 2 aliphatic rings. The maximum absolute atomic E-state index is 12.2. The summed E-state index contributed by atoms with van der Waals surface area (Å²) in [5.74, 6) is 3.14. The minimum Gasteiger partial charge on any atom is -0.464 e. The quantitative estimate of drug-likeness (QED) is 0.431. The van der Waals surface area contributed by atoms with Crippen LogP contribution in [0.5, 0.6) is 0 Å². The number of aryl methyl sites for hydroxylation is 2. The van der Waals surface area contributed by atoms with Crippen LogP contribution in [-0.4, -0.2) is 47.8 Å². The Balaban J connectivity index is 1.77. The van der Waals surface area contributed by atoms with Gasteiger partial charge < -0.3 is 13.6 Å². The molecule has 4 rings (SSSR count). The maximum Gasteiger partial charge on any atom is 0.332 e. The van der Waals surface area contributed by atoms with Gasteiger partial charge in [-0.3, -0.25) is 9.91 Å². The number of hydrazone groups is 1. The highest BCUT2D eigenvalue weighted by Gasteiger charge is 2.45. The van der Waals surface area contributed by atoms with Gasteiger partial charge in [0.05, 0.1) is 12.3 Å². The van der Waals surface area contributed by atoms with E-state index in [9.17, 15) is 4.79 Å². The third-order valence-corrected chi connectivity index (χ3v) is 6.03. The largest absolute Gasteiger partial charge is 0.464 e. The van der Waals surface area contributed by atoms with E-state index in [4.69, 9.17) is 18.7 Å². The van der Waals surface area contributed by atoms with E-state index in [0.29, 0.717) is 6.61 Å². The number of piperidine rings is 1. The van der Waals surface area contributed by atoms with Gasteiger partial charge in [-0.2, -0.15) is 5.10 Å². The molecule has 33 heavy (non-hydrogen) atoms. The van der Waals surface area contributed by atoms with Crippen molar-refractivity contribution >= 4 is 17.8 Å². The van der Waals surface area contributed by atoms with Gasteiger partial charge >= 0.3 is 5.97 Å². The lowest BCUT2D eigenvalue weighted by Gasteiger charge is -2.35. The predicted molar refractivity (Wildman–Crippen MR) is 127 cm³/mol. The lowest BCUT2D eigenvalue weighted by atomic mass is 9.85. The minimum atomic E-state index is -0.367. The van der Waals surface area contributed by atoms with E-state index in [-0.39, 0.29) is 17.9 Å². The summed E-state index contributed by atoms with van der Waals surface area (Å²) in [5, 5.41) is 6.97. The fourth-order valence-electron chi connectivity index (χ4n) is 4.68. The van der Waals surface area contributed by atoms with E-state index in [0.717, 1.165) is 66.1 Å². The number of furan rings is 2. The predicted octanol–water partition coefficient (Wildman–Crippen LogP) is 5.09. The first-order valence-corrected chi connectivity index (χ1v) is 11.7. The van der Waals surface area contributed by atoms with Crippen LogP contribution in [-0.2, 0) is 9.53 Å². The average molecular weight is 452 g/mol. The minimum absolute atomic E-state index is 0.101. The second-order valence-corrected chi connectivity index (χ2v) is 8.72. The number of nitrogens with zero attached hydrogens (tertiary/aromatic N) is 3. The van der Waals surface area contributed by atoms with Crippen LogP contribution < -0.4 is 0 Å². The number of ether oxygens (including phenoxy) is 1. The Morgan fingerprint density at radius 2 is 1.94 bits per heavy atom. The highest BCUT2D eigenvalue weighted by molar-refractivity contribution is 6.07. The molecule has 0 saturated carbocycles. The number of hydrogen-bond donors (Lipinski definition) is 0. The van der Waals surface area contributed by atoms with Crippen molar-refractivity contribution in [3.05, 3.63) is 64.7 Å². The second-order valence-electron chi connectivity index (χ2n) is 8.72. The van der Waals surface area contributed by atoms with Gasteiger partial charge in [-0.05, 0) is 76.6 Å². The zero-order valence-electron chi connectivity index (χ0n) is 20.1. The zero-order valence-corrected chi connectivity index (χ0v) is 20.1. The first-order chi connectivity index (χ1) is 15.9. The van der Waals surface area contributed by atoms with E-state index in [2.05, 4.69) is 17.9 Å². The molecule has 0 amide bonds. The Kier molecular flexibility index (Phi) is 6.88. The summed E-state index contributed by atoms with van der Waals surface area (Å²) < 4.78 is 17.1. The molecule has 0 radical (unpaired) electrons. The summed E-state index contributed by atoms with van der Waals surface area (Å²) in [5.41, 5.74) is 2.88. The van der Waals surface area contributed by atoms with Gasteiger partial charge in [-0.15, -0.1) is 0 Å². The molecule has 0 N–H and O–H groups in total. The lowest BCUT2D eigenvalue weighted by Crippen LogP contribution is -2.43. The molecule has 0 aromatic carbocycles. The fourth-order valence-corrected chi connectivity index (χ4v) is 4.68. The molecular weight excluding hydrogens is 418 g/mol.